The Morgan fingerprint density at radius 3 is 2.78 bits per heavy atom. The highest BCUT2D eigenvalue weighted by Gasteiger charge is 2.18. The summed E-state index contributed by atoms with van der Waals surface area (Å²) in [6, 6.07) is 4.54. The second kappa shape index (κ2) is 4.82. The monoisotopic (exact) mass is 249 g/mol. The van der Waals surface area contributed by atoms with Gasteiger partial charge in [0.15, 0.2) is 5.75 Å². The summed E-state index contributed by atoms with van der Waals surface area (Å²) in [5.41, 5.74) is 0.387. The van der Waals surface area contributed by atoms with Gasteiger partial charge in [-0.05, 0) is 26.0 Å². The molecule has 0 bridgehead atoms. The number of hydrogen-bond acceptors (Lipinski definition) is 6. The van der Waals surface area contributed by atoms with Crippen molar-refractivity contribution >= 4 is 5.69 Å². The molecule has 2 rings (SSSR count). The maximum atomic E-state index is 11.0. The highest BCUT2D eigenvalue weighted by atomic mass is 16.6. The number of aromatic nitrogens is 2. The zero-order valence-electron chi connectivity index (χ0n) is 9.86. The SMILES string of the molecule is CC(C)Oc1ccc(-c2ncon2)cc1[N+](=O)[O-]. The van der Waals surface area contributed by atoms with Crippen molar-refractivity contribution in [2.24, 2.45) is 0 Å². The first-order valence-electron chi connectivity index (χ1n) is 5.30. The van der Waals surface area contributed by atoms with Crippen molar-refractivity contribution in [2.75, 3.05) is 0 Å². The summed E-state index contributed by atoms with van der Waals surface area (Å²) >= 11 is 0. The minimum absolute atomic E-state index is 0.119. The molecule has 0 atom stereocenters. The molecule has 0 saturated carbocycles. The van der Waals surface area contributed by atoms with Gasteiger partial charge in [-0.1, -0.05) is 5.16 Å². The predicted octanol–water partition coefficient (Wildman–Crippen LogP) is 2.43. The molecule has 0 spiro atoms. The summed E-state index contributed by atoms with van der Waals surface area (Å²) in [5.74, 6) is 0.524. The number of benzene rings is 1. The van der Waals surface area contributed by atoms with E-state index >= 15 is 0 Å². The first-order chi connectivity index (χ1) is 8.58. The molecular formula is C11H11N3O4. The van der Waals surface area contributed by atoms with Crippen molar-refractivity contribution in [1.29, 1.82) is 0 Å². The van der Waals surface area contributed by atoms with Gasteiger partial charge in [-0.15, -0.1) is 0 Å². The van der Waals surface area contributed by atoms with Gasteiger partial charge in [-0.25, -0.2) is 0 Å². The molecule has 0 N–H and O–H groups in total. The van der Waals surface area contributed by atoms with Crippen molar-refractivity contribution in [3.05, 3.63) is 34.7 Å². The van der Waals surface area contributed by atoms with Gasteiger partial charge in [0.05, 0.1) is 11.0 Å². The van der Waals surface area contributed by atoms with Crippen molar-refractivity contribution in [3.8, 4) is 17.1 Å². The van der Waals surface area contributed by atoms with E-state index in [0.29, 0.717) is 11.4 Å². The third-order valence-corrected chi connectivity index (χ3v) is 2.14. The summed E-state index contributed by atoms with van der Waals surface area (Å²) in [5, 5.41) is 14.6. The molecule has 7 nitrogen and oxygen atoms in total. The average molecular weight is 249 g/mol. The lowest BCUT2D eigenvalue weighted by molar-refractivity contribution is -0.386. The first-order valence-corrected chi connectivity index (χ1v) is 5.30. The fourth-order valence-electron chi connectivity index (χ4n) is 1.45. The van der Waals surface area contributed by atoms with Gasteiger partial charge < -0.3 is 9.26 Å². The predicted molar refractivity (Wildman–Crippen MR) is 62.2 cm³/mol. The normalized spacial score (nSPS) is 10.6. The van der Waals surface area contributed by atoms with Crippen LogP contribution in [0.5, 0.6) is 5.75 Å². The highest BCUT2D eigenvalue weighted by molar-refractivity contribution is 5.63. The number of nitro groups is 1. The van der Waals surface area contributed by atoms with Crippen LogP contribution in [0, 0.1) is 10.1 Å². The summed E-state index contributed by atoms with van der Waals surface area (Å²) in [7, 11) is 0. The van der Waals surface area contributed by atoms with E-state index in [0.717, 1.165) is 0 Å². The molecule has 2 aromatic rings. The number of nitro benzene ring substituents is 1. The Balaban J connectivity index is 2.43. The van der Waals surface area contributed by atoms with E-state index in [2.05, 4.69) is 14.7 Å². The fraction of sp³-hybridized carbons (Fsp3) is 0.273. The van der Waals surface area contributed by atoms with Crippen molar-refractivity contribution in [1.82, 2.24) is 10.1 Å². The van der Waals surface area contributed by atoms with Gasteiger partial charge in [0.25, 0.3) is 0 Å². The molecular weight excluding hydrogens is 238 g/mol. The lowest BCUT2D eigenvalue weighted by Gasteiger charge is -2.10. The quantitative estimate of drug-likeness (QED) is 0.610. The Hall–Kier alpha value is -2.44. The molecule has 1 aromatic heterocycles. The third kappa shape index (κ3) is 2.45. The second-order valence-electron chi connectivity index (χ2n) is 3.86. The molecule has 1 heterocycles. The van der Waals surface area contributed by atoms with Crippen molar-refractivity contribution in [3.63, 3.8) is 0 Å². The smallest absolute Gasteiger partial charge is 0.311 e. The zero-order valence-corrected chi connectivity index (χ0v) is 9.86. The van der Waals surface area contributed by atoms with Crippen LogP contribution in [-0.4, -0.2) is 21.2 Å². The number of rotatable bonds is 4. The summed E-state index contributed by atoms with van der Waals surface area (Å²) in [6.07, 6.45) is 1.03. The van der Waals surface area contributed by atoms with Crippen LogP contribution in [0.3, 0.4) is 0 Å². The van der Waals surface area contributed by atoms with Gasteiger partial charge in [-0.2, -0.15) is 4.98 Å². The Bertz CT molecular complexity index is 551. The number of nitrogens with zero attached hydrogens (tertiary/aromatic N) is 3. The van der Waals surface area contributed by atoms with Crippen LogP contribution in [0.4, 0.5) is 5.69 Å². The molecule has 18 heavy (non-hydrogen) atoms. The molecule has 0 aliphatic carbocycles. The maximum absolute atomic E-state index is 11.0. The standard InChI is InChI=1S/C11H11N3O4/c1-7(2)18-10-4-3-8(5-9(10)14(15)16)11-12-6-17-13-11/h3-7H,1-2H3. The number of ether oxygens (including phenoxy) is 1. The van der Waals surface area contributed by atoms with Crippen LogP contribution < -0.4 is 4.74 Å². The lowest BCUT2D eigenvalue weighted by atomic mass is 10.2. The lowest BCUT2D eigenvalue weighted by Crippen LogP contribution is -2.07. The van der Waals surface area contributed by atoms with E-state index in [1.165, 1.54) is 18.5 Å². The topological polar surface area (TPSA) is 91.3 Å². The molecule has 7 heteroatoms. The van der Waals surface area contributed by atoms with Crippen LogP contribution in [0.25, 0.3) is 11.4 Å². The zero-order chi connectivity index (χ0) is 13.1. The van der Waals surface area contributed by atoms with Crippen molar-refractivity contribution in [2.45, 2.75) is 20.0 Å². The van der Waals surface area contributed by atoms with E-state index in [1.54, 1.807) is 19.9 Å². The molecule has 0 fully saturated rings. The number of hydrogen-bond donors (Lipinski definition) is 0. The van der Waals surface area contributed by atoms with Crippen LogP contribution in [0.1, 0.15) is 13.8 Å². The van der Waals surface area contributed by atoms with E-state index in [9.17, 15) is 10.1 Å². The van der Waals surface area contributed by atoms with Crippen LogP contribution in [0.15, 0.2) is 29.1 Å². The van der Waals surface area contributed by atoms with E-state index in [4.69, 9.17) is 4.74 Å². The summed E-state index contributed by atoms with van der Waals surface area (Å²) in [4.78, 5) is 14.3. The summed E-state index contributed by atoms with van der Waals surface area (Å²) < 4.78 is 9.97. The Morgan fingerprint density at radius 2 is 2.22 bits per heavy atom. The van der Waals surface area contributed by atoms with E-state index in [-0.39, 0.29) is 17.5 Å². The van der Waals surface area contributed by atoms with E-state index in [1.807, 2.05) is 0 Å². The molecule has 0 saturated heterocycles. The van der Waals surface area contributed by atoms with Gasteiger partial charge in [0.2, 0.25) is 12.2 Å². The minimum atomic E-state index is -0.499. The molecule has 0 aliphatic rings. The first kappa shape index (κ1) is 12.0. The Morgan fingerprint density at radius 1 is 1.44 bits per heavy atom. The Kier molecular flexibility index (Phi) is 3.22. The molecule has 0 radical (unpaired) electrons. The summed E-state index contributed by atoms with van der Waals surface area (Å²) in [6.45, 7) is 3.60. The Labute approximate surface area is 103 Å². The molecule has 0 unspecified atom stereocenters. The molecule has 0 amide bonds. The molecule has 94 valence electrons. The average Bonchev–Trinajstić information content (AvgIpc) is 2.82. The highest BCUT2D eigenvalue weighted by Crippen LogP contribution is 2.31. The maximum Gasteiger partial charge on any atom is 0.311 e. The van der Waals surface area contributed by atoms with Crippen LogP contribution in [0.2, 0.25) is 0 Å². The van der Waals surface area contributed by atoms with Crippen molar-refractivity contribution < 1.29 is 14.2 Å². The van der Waals surface area contributed by atoms with Gasteiger partial charge in [0.1, 0.15) is 0 Å². The third-order valence-electron chi connectivity index (χ3n) is 2.14. The van der Waals surface area contributed by atoms with Crippen LogP contribution >= 0.6 is 0 Å². The van der Waals surface area contributed by atoms with Crippen LogP contribution in [-0.2, 0) is 0 Å². The van der Waals surface area contributed by atoms with Gasteiger partial charge in [0, 0.05) is 11.6 Å². The molecule has 0 aliphatic heterocycles. The largest absolute Gasteiger partial charge is 0.484 e. The second-order valence-corrected chi connectivity index (χ2v) is 3.86. The van der Waals surface area contributed by atoms with Gasteiger partial charge in [-0.3, -0.25) is 10.1 Å². The van der Waals surface area contributed by atoms with Gasteiger partial charge >= 0.3 is 5.69 Å². The molecule has 1 aromatic carbocycles. The fourth-order valence-corrected chi connectivity index (χ4v) is 1.45. The van der Waals surface area contributed by atoms with E-state index < -0.39 is 4.92 Å². The minimum Gasteiger partial charge on any atom is -0.484 e.